The van der Waals surface area contributed by atoms with Gasteiger partial charge in [0, 0.05) is 24.7 Å². The van der Waals surface area contributed by atoms with Crippen LogP contribution in [0.15, 0.2) is 24.3 Å². The van der Waals surface area contributed by atoms with Crippen molar-refractivity contribution in [1.29, 1.82) is 0 Å². The molecule has 0 radical (unpaired) electrons. The van der Waals surface area contributed by atoms with Gasteiger partial charge in [-0.2, -0.15) is 0 Å². The Morgan fingerprint density at radius 1 is 1.53 bits per heavy atom. The summed E-state index contributed by atoms with van der Waals surface area (Å²) in [7, 11) is 1.73. The zero-order valence-electron chi connectivity index (χ0n) is 11.4. The van der Waals surface area contributed by atoms with Crippen molar-refractivity contribution in [3.8, 4) is 11.8 Å². The van der Waals surface area contributed by atoms with E-state index in [1.54, 1.807) is 37.1 Å². The Balaban J connectivity index is 2.76. The third-order valence-corrected chi connectivity index (χ3v) is 2.67. The van der Waals surface area contributed by atoms with Crippen LogP contribution in [-0.2, 0) is 0 Å². The van der Waals surface area contributed by atoms with Crippen LogP contribution in [0.1, 0.15) is 29.3 Å². The quantitative estimate of drug-likeness (QED) is 0.788. The first kappa shape index (κ1) is 15.2. The zero-order valence-corrected chi connectivity index (χ0v) is 11.4. The molecule has 4 nitrogen and oxygen atoms in total. The third-order valence-electron chi connectivity index (χ3n) is 2.67. The van der Waals surface area contributed by atoms with Crippen molar-refractivity contribution in [2.24, 2.45) is 5.73 Å². The van der Waals surface area contributed by atoms with Gasteiger partial charge >= 0.3 is 0 Å². The molecule has 0 heterocycles. The summed E-state index contributed by atoms with van der Waals surface area (Å²) in [6, 6.07) is 7.16. The molecule has 1 atom stereocenters. The number of hydrogen-bond donors (Lipinski definition) is 2. The second-order valence-corrected chi connectivity index (χ2v) is 4.45. The van der Waals surface area contributed by atoms with Crippen molar-refractivity contribution in [2.75, 3.05) is 20.1 Å². The summed E-state index contributed by atoms with van der Waals surface area (Å²) in [5.41, 5.74) is 6.69. The van der Waals surface area contributed by atoms with Crippen molar-refractivity contribution < 1.29 is 9.90 Å². The Morgan fingerprint density at radius 3 is 2.89 bits per heavy atom. The highest BCUT2D eigenvalue weighted by Gasteiger charge is 2.12. The molecule has 0 aliphatic carbocycles. The largest absolute Gasteiger partial charge is 0.393 e. The van der Waals surface area contributed by atoms with Gasteiger partial charge in [0.25, 0.3) is 5.91 Å². The smallest absolute Gasteiger partial charge is 0.253 e. The van der Waals surface area contributed by atoms with Crippen LogP contribution in [0.25, 0.3) is 0 Å². The highest BCUT2D eigenvalue weighted by atomic mass is 16.3. The zero-order chi connectivity index (χ0) is 14.3. The molecule has 102 valence electrons. The van der Waals surface area contributed by atoms with E-state index in [0.29, 0.717) is 25.1 Å². The molecule has 1 aromatic rings. The molecule has 19 heavy (non-hydrogen) atoms. The lowest BCUT2D eigenvalue weighted by atomic mass is 10.1. The first-order valence-electron chi connectivity index (χ1n) is 6.27. The van der Waals surface area contributed by atoms with Crippen molar-refractivity contribution in [2.45, 2.75) is 19.4 Å². The van der Waals surface area contributed by atoms with E-state index in [-0.39, 0.29) is 5.91 Å². The second-order valence-electron chi connectivity index (χ2n) is 4.45. The first-order chi connectivity index (χ1) is 9.04. The monoisotopic (exact) mass is 260 g/mol. The topological polar surface area (TPSA) is 66.6 Å². The van der Waals surface area contributed by atoms with Gasteiger partial charge in [0.05, 0.1) is 12.6 Å². The van der Waals surface area contributed by atoms with Crippen LogP contribution in [-0.4, -0.2) is 42.2 Å². The second kappa shape index (κ2) is 7.57. The molecule has 0 aliphatic heterocycles. The van der Waals surface area contributed by atoms with E-state index in [0.717, 1.165) is 5.56 Å². The molecule has 4 heteroatoms. The normalized spacial score (nSPS) is 11.4. The fourth-order valence-electron chi connectivity index (χ4n) is 1.59. The van der Waals surface area contributed by atoms with Gasteiger partial charge in [0.15, 0.2) is 0 Å². The maximum atomic E-state index is 12.2. The summed E-state index contributed by atoms with van der Waals surface area (Å²) in [5.74, 6) is 5.59. The Morgan fingerprint density at radius 2 is 2.26 bits per heavy atom. The standard InChI is InChI=1S/C15H20N2O2/c1-12(18)8-10-17(2)15(19)14-7-3-5-13(11-14)6-4-9-16/h3,5,7,11-12,18H,8-10,16H2,1-2H3. The van der Waals surface area contributed by atoms with E-state index in [9.17, 15) is 9.90 Å². The molecule has 0 aromatic heterocycles. The van der Waals surface area contributed by atoms with Crippen LogP contribution in [0.4, 0.5) is 0 Å². The Hall–Kier alpha value is -1.83. The fourth-order valence-corrected chi connectivity index (χ4v) is 1.59. The predicted molar refractivity (Wildman–Crippen MR) is 75.6 cm³/mol. The third kappa shape index (κ3) is 5.12. The number of nitrogens with zero attached hydrogens (tertiary/aromatic N) is 1. The van der Waals surface area contributed by atoms with E-state index in [1.165, 1.54) is 0 Å². The lowest BCUT2D eigenvalue weighted by Crippen LogP contribution is -2.29. The Kier molecular flexibility index (Phi) is 6.07. The number of nitrogens with two attached hydrogens (primary N) is 1. The number of amides is 1. The van der Waals surface area contributed by atoms with Gasteiger partial charge in [-0.25, -0.2) is 0 Å². The fraction of sp³-hybridized carbons (Fsp3) is 0.400. The van der Waals surface area contributed by atoms with Gasteiger partial charge in [-0.1, -0.05) is 17.9 Å². The number of hydrogen-bond acceptors (Lipinski definition) is 3. The number of aliphatic hydroxyl groups excluding tert-OH is 1. The molecule has 1 rings (SSSR count). The highest BCUT2D eigenvalue weighted by Crippen LogP contribution is 2.08. The van der Waals surface area contributed by atoms with Crippen LogP contribution in [0.3, 0.4) is 0 Å². The molecule has 0 bridgehead atoms. The summed E-state index contributed by atoms with van der Waals surface area (Å²) in [6.45, 7) is 2.53. The number of rotatable bonds is 4. The number of benzene rings is 1. The summed E-state index contributed by atoms with van der Waals surface area (Å²) in [6.07, 6.45) is 0.159. The van der Waals surface area contributed by atoms with Crippen molar-refractivity contribution in [1.82, 2.24) is 4.90 Å². The van der Waals surface area contributed by atoms with Gasteiger partial charge in [-0.05, 0) is 31.5 Å². The Bertz CT molecular complexity index is 486. The first-order valence-corrected chi connectivity index (χ1v) is 6.27. The van der Waals surface area contributed by atoms with Crippen molar-refractivity contribution in [3.63, 3.8) is 0 Å². The minimum Gasteiger partial charge on any atom is -0.393 e. The van der Waals surface area contributed by atoms with E-state index in [4.69, 9.17) is 5.73 Å². The number of aliphatic hydroxyl groups is 1. The summed E-state index contributed by atoms with van der Waals surface area (Å²) in [4.78, 5) is 13.8. The van der Waals surface area contributed by atoms with E-state index < -0.39 is 6.10 Å². The van der Waals surface area contributed by atoms with Crippen molar-refractivity contribution in [3.05, 3.63) is 35.4 Å². The van der Waals surface area contributed by atoms with Crippen molar-refractivity contribution >= 4 is 5.91 Å². The van der Waals surface area contributed by atoms with Crippen LogP contribution >= 0.6 is 0 Å². The van der Waals surface area contributed by atoms with Gasteiger partial charge < -0.3 is 15.7 Å². The molecule has 0 aliphatic rings. The molecule has 1 unspecified atom stereocenters. The van der Waals surface area contributed by atoms with E-state index in [1.807, 2.05) is 6.07 Å². The van der Waals surface area contributed by atoms with Crippen LogP contribution < -0.4 is 5.73 Å². The molecule has 0 saturated heterocycles. The van der Waals surface area contributed by atoms with Gasteiger partial charge in [-0.15, -0.1) is 0 Å². The minimum absolute atomic E-state index is 0.0722. The van der Waals surface area contributed by atoms with Crippen LogP contribution in [0, 0.1) is 11.8 Å². The number of carbonyl (C=O) groups excluding carboxylic acids is 1. The summed E-state index contributed by atoms with van der Waals surface area (Å²) < 4.78 is 0. The predicted octanol–water partition coefficient (Wildman–Crippen LogP) is 0.840. The SMILES string of the molecule is CC(O)CCN(C)C(=O)c1cccc(C#CCN)c1. The van der Waals surface area contributed by atoms with E-state index >= 15 is 0 Å². The van der Waals surface area contributed by atoms with Gasteiger partial charge in [0.2, 0.25) is 0 Å². The lowest BCUT2D eigenvalue weighted by molar-refractivity contribution is 0.0769. The molecule has 0 fully saturated rings. The summed E-state index contributed by atoms with van der Waals surface area (Å²) >= 11 is 0. The molecular formula is C15H20N2O2. The number of carbonyl (C=O) groups is 1. The van der Waals surface area contributed by atoms with Crippen LogP contribution in [0.2, 0.25) is 0 Å². The summed E-state index contributed by atoms with van der Waals surface area (Å²) in [5, 5.41) is 9.23. The molecule has 1 amide bonds. The maximum Gasteiger partial charge on any atom is 0.253 e. The van der Waals surface area contributed by atoms with Crippen LogP contribution in [0.5, 0.6) is 0 Å². The molecule has 1 aromatic carbocycles. The maximum absolute atomic E-state index is 12.2. The molecule has 0 saturated carbocycles. The highest BCUT2D eigenvalue weighted by molar-refractivity contribution is 5.94. The minimum atomic E-state index is -0.406. The van der Waals surface area contributed by atoms with Gasteiger partial charge in [0.1, 0.15) is 0 Å². The average Bonchev–Trinajstić information content (AvgIpc) is 2.41. The average molecular weight is 260 g/mol. The molecular weight excluding hydrogens is 240 g/mol. The van der Waals surface area contributed by atoms with E-state index in [2.05, 4.69) is 11.8 Å². The Labute approximate surface area is 114 Å². The lowest BCUT2D eigenvalue weighted by Gasteiger charge is -2.18. The van der Waals surface area contributed by atoms with Gasteiger partial charge in [-0.3, -0.25) is 4.79 Å². The molecule has 3 N–H and O–H groups in total. The molecule has 0 spiro atoms.